The van der Waals surface area contributed by atoms with E-state index in [2.05, 4.69) is 11.7 Å². The molecule has 0 atom stereocenters. The van der Waals surface area contributed by atoms with Gasteiger partial charge in [-0.15, -0.1) is 0 Å². The quantitative estimate of drug-likeness (QED) is 0.451. The normalized spacial score (nSPS) is 15.9. The SMILES string of the molecule is CC(C)(C)OC(=O)N1CCCC1.NN. The minimum absolute atomic E-state index is 0.167. The molecular weight excluding hydrogens is 182 g/mol. The van der Waals surface area contributed by atoms with Crippen molar-refractivity contribution in [1.82, 2.24) is 4.90 Å². The van der Waals surface area contributed by atoms with Crippen LogP contribution in [0.5, 0.6) is 0 Å². The van der Waals surface area contributed by atoms with Crippen molar-refractivity contribution in [3.8, 4) is 0 Å². The van der Waals surface area contributed by atoms with Crippen LogP contribution in [0, 0.1) is 0 Å². The van der Waals surface area contributed by atoms with E-state index in [1.54, 1.807) is 4.90 Å². The van der Waals surface area contributed by atoms with E-state index >= 15 is 0 Å². The van der Waals surface area contributed by atoms with Crippen molar-refractivity contribution in [2.75, 3.05) is 13.1 Å². The molecular formula is C9H21N3O2. The number of nitrogens with zero attached hydrogens (tertiary/aromatic N) is 1. The predicted octanol–water partition coefficient (Wildman–Crippen LogP) is 0.836. The Labute approximate surface area is 85.3 Å². The maximum absolute atomic E-state index is 11.4. The summed E-state index contributed by atoms with van der Waals surface area (Å²) in [7, 11) is 0. The van der Waals surface area contributed by atoms with Crippen LogP contribution < -0.4 is 11.7 Å². The number of amides is 1. The Kier molecular flexibility index (Phi) is 5.49. The summed E-state index contributed by atoms with van der Waals surface area (Å²) >= 11 is 0. The summed E-state index contributed by atoms with van der Waals surface area (Å²) < 4.78 is 5.21. The molecule has 1 rings (SSSR count). The molecule has 0 saturated carbocycles. The Hall–Kier alpha value is -0.810. The van der Waals surface area contributed by atoms with Crippen LogP contribution in [0.2, 0.25) is 0 Å². The Bertz CT molecular complexity index is 171. The fourth-order valence-corrected chi connectivity index (χ4v) is 1.23. The van der Waals surface area contributed by atoms with E-state index in [4.69, 9.17) is 4.74 Å². The maximum atomic E-state index is 11.4. The van der Waals surface area contributed by atoms with E-state index in [9.17, 15) is 4.79 Å². The van der Waals surface area contributed by atoms with Gasteiger partial charge in [-0.25, -0.2) is 4.79 Å². The molecule has 0 aromatic heterocycles. The molecule has 0 aromatic rings. The molecule has 1 saturated heterocycles. The first kappa shape index (κ1) is 13.2. The molecule has 0 spiro atoms. The van der Waals surface area contributed by atoms with E-state index in [1.807, 2.05) is 20.8 Å². The van der Waals surface area contributed by atoms with Gasteiger partial charge in [-0.2, -0.15) is 0 Å². The monoisotopic (exact) mass is 203 g/mol. The first-order chi connectivity index (χ1) is 6.49. The Morgan fingerprint density at radius 2 is 1.64 bits per heavy atom. The fourth-order valence-electron chi connectivity index (χ4n) is 1.23. The first-order valence-corrected chi connectivity index (χ1v) is 4.80. The van der Waals surface area contributed by atoms with E-state index in [1.165, 1.54) is 0 Å². The lowest BCUT2D eigenvalue weighted by Gasteiger charge is -2.23. The largest absolute Gasteiger partial charge is 0.444 e. The van der Waals surface area contributed by atoms with Gasteiger partial charge < -0.3 is 9.64 Å². The average Bonchev–Trinajstić information content (AvgIpc) is 2.56. The van der Waals surface area contributed by atoms with E-state index in [0.29, 0.717) is 0 Å². The number of hydrogen-bond donors (Lipinski definition) is 2. The molecule has 5 nitrogen and oxygen atoms in total. The van der Waals surface area contributed by atoms with Crippen molar-refractivity contribution >= 4 is 6.09 Å². The van der Waals surface area contributed by atoms with Crippen LogP contribution in [-0.4, -0.2) is 29.7 Å². The second kappa shape index (κ2) is 5.82. The van der Waals surface area contributed by atoms with Crippen LogP contribution in [0.15, 0.2) is 0 Å². The number of carbonyl (C=O) groups is 1. The molecule has 0 unspecified atom stereocenters. The van der Waals surface area contributed by atoms with Crippen molar-refractivity contribution in [3.63, 3.8) is 0 Å². The van der Waals surface area contributed by atoms with Crippen LogP contribution in [0.1, 0.15) is 33.6 Å². The van der Waals surface area contributed by atoms with Crippen molar-refractivity contribution in [1.29, 1.82) is 0 Å². The molecule has 0 aromatic carbocycles. The number of nitrogens with two attached hydrogens (primary N) is 2. The highest BCUT2D eigenvalue weighted by atomic mass is 16.6. The van der Waals surface area contributed by atoms with E-state index < -0.39 is 0 Å². The lowest BCUT2D eigenvalue weighted by atomic mass is 10.2. The van der Waals surface area contributed by atoms with Crippen LogP contribution in [-0.2, 0) is 4.74 Å². The van der Waals surface area contributed by atoms with Crippen LogP contribution in [0.3, 0.4) is 0 Å². The van der Waals surface area contributed by atoms with Crippen molar-refractivity contribution < 1.29 is 9.53 Å². The summed E-state index contributed by atoms with van der Waals surface area (Å²) in [5, 5.41) is 0. The van der Waals surface area contributed by atoms with Gasteiger partial charge in [0.15, 0.2) is 0 Å². The molecule has 0 aliphatic carbocycles. The van der Waals surface area contributed by atoms with Gasteiger partial charge in [0.1, 0.15) is 5.60 Å². The zero-order valence-electron chi connectivity index (χ0n) is 9.25. The Morgan fingerprint density at radius 3 is 2.00 bits per heavy atom. The third-order valence-electron chi connectivity index (χ3n) is 1.76. The van der Waals surface area contributed by atoms with Crippen LogP contribution >= 0.6 is 0 Å². The summed E-state index contributed by atoms with van der Waals surface area (Å²) in [5.74, 6) is 8.00. The lowest BCUT2D eigenvalue weighted by molar-refractivity contribution is 0.0295. The molecule has 5 heteroatoms. The first-order valence-electron chi connectivity index (χ1n) is 4.80. The minimum Gasteiger partial charge on any atom is -0.444 e. The zero-order chi connectivity index (χ0) is 11.2. The molecule has 84 valence electrons. The fraction of sp³-hybridized carbons (Fsp3) is 0.889. The molecule has 4 N–H and O–H groups in total. The number of carbonyl (C=O) groups excluding carboxylic acids is 1. The Morgan fingerprint density at radius 1 is 1.21 bits per heavy atom. The van der Waals surface area contributed by atoms with Gasteiger partial charge >= 0.3 is 6.09 Å². The third-order valence-corrected chi connectivity index (χ3v) is 1.76. The zero-order valence-corrected chi connectivity index (χ0v) is 9.25. The van der Waals surface area contributed by atoms with Crippen LogP contribution in [0.25, 0.3) is 0 Å². The second-order valence-corrected chi connectivity index (χ2v) is 4.17. The van der Waals surface area contributed by atoms with Gasteiger partial charge in [-0.3, -0.25) is 11.7 Å². The molecule has 0 radical (unpaired) electrons. The van der Waals surface area contributed by atoms with Crippen molar-refractivity contribution in [3.05, 3.63) is 0 Å². The average molecular weight is 203 g/mol. The highest BCUT2D eigenvalue weighted by Gasteiger charge is 2.23. The topological polar surface area (TPSA) is 81.6 Å². The van der Waals surface area contributed by atoms with Gasteiger partial charge in [-0.1, -0.05) is 0 Å². The third kappa shape index (κ3) is 5.04. The minimum atomic E-state index is -0.361. The standard InChI is InChI=1S/C9H17NO2.H4N2/c1-9(2,3)12-8(11)10-6-4-5-7-10;1-2/h4-7H2,1-3H3;1-2H2. The lowest BCUT2D eigenvalue weighted by Crippen LogP contribution is -2.34. The molecule has 1 heterocycles. The van der Waals surface area contributed by atoms with Gasteiger partial charge in [0, 0.05) is 13.1 Å². The summed E-state index contributed by atoms with van der Waals surface area (Å²) in [6.45, 7) is 7.38. The number of likely N-dealkylation sites (tertiary alicyclic amines) is 1. The molecule has 1 aliphatic rings. The predicted molar refractivity (Wildman–Crippen MR) is 55.4 cm³/mol. The summed E-state index contributed by atoms with van der Waals surface area (Å²) in [4.78, 5) is 13.1. The van der Waals surface area contributed by atoms with Gasteiger partial charge in [0.05, 0.1) is 0 Å². The van der Waals surface area contributed by atoms with Crippen LogP contribution in [0.4, 0.5) is 4.79 Å². The highest BCUT2D eigenvalue weighted by molar-refractivity contribution is 5.68. The molecule has 1 aliphatic heterocycles. The molecule has 14 heavy (non-hydrogen) atoms. The summed E-state index contributed by atoms with van der Waals surface area (Å²) in [5.41, 5.74) is -0.361. The van der Waals surface area contributed by atoms with Gasteiger partial charge in [0.25, 0.3) is 0 Å². The van der Waals surface area contributed by atoms with Gasteiger partial charge in [0.2, 0.25) is 0 Å². The Balaban J connectivity index is 0.000000791. The van der Waals surface area contributed by atoms with E-state index in [-0.39, 0.29) is 11.7 Å². The highest BCUT2D eigenvalue weighted by Crippen LogP contribution is 2.14. The van der Waals surface area contributed by atoms with Gasteiger partial charge in [-0.05, 0) is 33.6 Å². The summed E-state index contributed by atoms with van der Waals surface area (Å²) in [6.07, 6.45) is 2.05. The molecule has 1 fully saturated rings. The molecule has 1 amide bonds. The number of rotatable bonds is 0. The molecule has 0 bridgehead atoms. The number of hydrazine groups is 1. The van der Waals surface area contributed by atoms with E-state index in [0.717, 1.165) is 25.9 Å². The van der Waals surface area contributed by atoms with Crippen molar-refractivity contribution in [2.45, 2.75) is 39.2 Å². The smallest absolute Gasteiger partial charge is 0.410 e. The van der Waals surface area contributed by atoms with Crippen molar-refractivity contribution in [2.24, 2.45) is 11.7 Å². The number of ether oxygens (including phenoxy) is 1. The summed E-state index contributed by atoms with van der Waals surface area (Å²) in [6, 6.07) is 0. The maximum Gasteiger partial charge on any atom is 0.410 e. The number of hydrogen-bond acceptors (Lipinski definition) is 4. The second-order valence-electron chi connectivity index (χ2n) is 4.17.